The Morgan fingerprint density at radius 1 is 1.42 bits per heavy atom. The van der Waals surface area contributed by atoms with Crippen molar-refractivity contribution < 1.29 is 9.59 Å². The van der Waals surface area contributed by atoms with E-state index < -0.39 is 0 Å². The number of hydrogen-bond acceptors (Lipinski definition) is 3. The van der Waals surface area contributed by atoms with E-state index in [1.165, 1.54) is 0 Å². The van der Waals surface area contributed by atoms with E-state index in [2.05, 4.69) is 25.9 Å². The molecule has 1 aromatic heterocycles. The summed E-state index contributed by atoms with van der Waals surface area (Å²) >= 11 is 0. The van der Waals surface area contributed by atoms with Crippen molar-refractivity contribution in [3.63, 3.8) is 0 Å². The Bertz CT molecular complexity index is 509. The van der Waals surface area contributed by atoms with E-state index in [9.17, 15) is 9.59 Å². The highest BCUT2D eigenvalue weighted by Gasteiger charge is 2.32. The van der Waals surface area contributed by atoms with Crippen molar-refractivity contribution in [2.75, 3.05) is 0 Å². The molecule has 4 heteroatoms. The van der Waals surface area contributed by atoms with Gasteiger partial charge in [0.15, 0.2) is 5.78 Å². The minimum atomic E-state index is -0.162. The number of carbonyl (C=O) groups is 2. The van der Waals surface area contributed by atoms with E-state index in [1.807, 2.05) is 7.05 Å². The van der Waals surface area contributed by atoms with Crippen LogP contribution in [0.5, 0.6) is 0 Å². The van der Waals surface area contributed by atoms with Crippen molar-refractivity contribution in [1.82, 2.24) is 9.78 Å². The lowest BCUT2D eigenvalue weighted by Gasteiger charge is -2.22. The molecule has 0 amide bonds. The van der Waals surface area contributed by atoms with E-state index in [-0.39, 0.29) is 22.9 Å². The average molecular weight is 262 g/mol. The Hall–Kier alpha value is -1.45. The van der Waals surface area contributed by atoms with Crippen LogP contribution in [-0.2, 0) is 17.3 Å². The molecule has 4 nitrogen and oxygen atoms in total. The molecule has 1 unspecified atom stereocenters. The molecular weight excluding hydrogens is 240 g/mol. The van der Waals surface area contributed by atoms with Gasteiger partial charge < -0.3 is 0 Å². The standard InChI is InChI=1S/C15H22N2O2/c1-15(2,3)14-12(9-17(4)16-14)13(19)10-6-5-7-11(18)8-10/h9-10H,5-8H2,1-4H3. The normalized spacial score (nSPS) is 20.6. The van der Waals surface area contributed by atoms with E-state index in [1.54, 1.807) is 10.9 Å². The van der Waals surface area contributed by atoms with Gasteiger partial charge in [-0.2, -0.15) is 5.10 Å². The summed E-state index contributed by atoms with van der Waals surface area (Å²) in [5, 5.41) is 4.43. The Morgan fingerprint density at radius 2 is 2.11 bits per heavy atom. The van der Waals surface area contributed by atoms with E-state index in [0.717, 1.165) is 18.5 Å². The van der Waals surface area contributed by atoms with Gasteiger partial charge in [-0.05, 0) is 12.8 Å². The predicted molar refractivity (Wildman–Crippen MR) is 73.2 cm³/mol. The number of hydrogen-bond donors (Lipinski definition) is 0. The second-order valence-corrected chi connectivity index (χ2v) is 6.51. The summed E-state index contributed by atoms with van der Waals surface area (Å²) in [7, 11) is 1.83. The van der Waals surface area contributed by atoms with Gasteiger partial charge in [-0.15, -0.1) is 0 Å². The maximum atomic E-state index is 12.6. The number of carbonyl (C=O) groups excluding carboxylic acids is 2. The fourth-order valence-electron chi connectivity index (χ4n) is 2.69. The molecule has 19 heavy (non-hydrogen) atoms. The Kier molecular flexibility index (Phi) is 3.61. The second-order valence-electron chi connectivity index (χ2n) is 6.51. The third kappa shape index (κ3) is 2.94. The van der Waals surface area contributed by atoms with Crippen LogP contribution in [0.25, 0.3) is 0 Å². The number of aromatic nitrogens is 2. The molecule has 104 valence electrons. The molecule has 0 spiro atoms. The maximum Gasteiger partial charge on any atom is 0.169 e. The Labute approximate surface area is 114 Å². The van der Waals surface area contributed by atoms with Gasteiger partial charge in [0.2, 0.25) is 0 Å². The van der Waals surface area contributed by atoms with Crippen LogP contribution in [0.15, 0.2) is 6.20 Å². The molecule has 1 aromatic rings. The topological polar surface area (TPSA) is 52.0 Å². The van der Waals surface area contributed by atoms with Crippen LogP contribution in [0.4, 0.5) is 0 Å². The zero-order valence-electron chi connectivity index (χ0n) is 12.2. The van der Waals surface area contributed by atoms with Crippen molar-refractivity contribution in [3.8, 4) is 0 Å². The minimum absolute atomic E-state index is 0.0890. The SMILES string of the molecule is Cn1cc(C(=O)C2CCCC(=O)C2)c(C(C)(C)C)n1. The number of nitrogens with zero attached hydrogens (tertiary/aromatic N) is 2. The summed E-state index contributed by atoms with van der Waals surface area (Å²) in [5.41, 5.74) is 1.36. The highest BCUT2D eigenvalue weighted by Crippen LogP contribution is 2.30. The molecule has 1 heterocycles. The van der Waals surface area contributed by atoms with Gasteiger partial charge in [-0.3, -0.25) is 14.3 Å². The molecule has 0 aromatic carbocycles. The number of aryl methyl sites for hydroxylation is 1. The van der Waals surface area contributed by atoms with Crippen LogP contribution in [0.2, 0.25) is 0 Å². The van der Waals surface area contributed by atoms with Gasteiger partial charge >= 0.3 is 0 Å². The van der Waals surface area contributed by atoms with Crippen LogP contribution in [-0.4, -0.2) is 21.3 Å². The van der Waals surface area contributed by atoms with E-state index in [4.69, 9.17) is 0 Å². The van der Waals surface area contributed by atoms with Gasteiger partial charge in [0, 0.05) is 37.4 Å². The summed E-state index contributed by atoms with van der Waals surface area (Å²) in [6.07, 6.45) is 4.48. The molecule has 1 atom stereocenters. The predicted octanol–water partition coefficient (Wildman–Crippen LogP) is 2.66. The fourth-order valence-corrected chi connectivity index (χ4v) is 2.69. The zero-order chi connectivity index (χ0) is 14.2. The molecule has 1 aliphatic carbocycles. The molecule has 0 radical (unpaired) electrons. The molecule has 2 rings (SSSR count). The van der Waals surface area contributed by atoms with Crippen LogP contribution in [0.3, 0.4) is 0 Å². The summed E-state index contributed by atoms with van der Waals surface area (Å²) in [5.74, 6) is 0.156. The van der Waals surface area contributed by atoms with Crippen molar-refractivity contribution >= 4 is 11.6 Å². The van der Waals surface area contributed by atoms with Crippen LogP contribution >= 0.6 is 0 Å². The van der Waals surface area contributed by atoms with Gasteiger partial charge in [-0.25, -0.2) is 0 Å². The highest BCUT2D eigenvalue weighted by molar-refractivity contribution is 6.01. The van der Waals surface area contributed by atoms with Crippen molar-refractivity contribution in [3.05, 3.63) is 17.5 Å². The monoisotopic (exact) mass is 262 g/mol. The number of Topliss-reactive ketones (excluding diaryl/α,β-unsaturated/α-hetero) is 2. The van der Waals surface area contributed by atoms with Crippen molar-refractivity contribution in [2.24, 2.45) is 13.0 Å². The average Bonchev–Trinajstić information content (AvgIpc) is 2.70. The van der Waals surface area contributed by atoms with Gasteiger partial charge in [0.1, 0.15) is 5.78 Å². The first-order valence-corrected chi connectivity index (χ1v) is 6.89. The quantitative estimate of drug-likeness (QED) is 0.770. The fraction of sp³-hybridized carbons (Fsp3) is 0.667. The van der Waals surface area contributed by atoms with Crippen molar-refractivity contribution in [1.29, 1.82) is 0 Å². The molecule has 0 N–H and O–H groups in total. The number of ketones is 2. The first-order chi connectivity index (χ1) is 8.79. The summed E-state index contributed by atoms with van der Waals surface area (Å²) in [6, 6.07) is 0. The van der Waals surface area contributed by atoms with Crippen LogP contribution < -0.4 is 0 Å². The lowest BCUT2D eigenvalue weighted by Crippen LogP contribution is -2.25. The van der Waals surface area contributed by atoms with Gasteiger partial charge in [-0.1, -0.05) is 20.8 Å². The third-order valence-electron chi connectivity index (χ3n) is 3.66. The number of rotatable bonds is 2. The van der Waals surface area contributed by atoms with E-state index in [0.29, 0.717) is 18.4 Å². The largest absolute Gasteiger partial charge is 0.300 e. The molecular formula is C15H22N2O2. The molecule has 1 aliphatic rings. The van der Waals surface area contributed by atoms with Gasteiger partial charge in [0.05, 0.1) is 11.3 Å². The van der Waals surface area contributed by atoms with Crippen molar-refractivity contribution in [2.45, 2.75) is 51.9 Å². The Balaban J connectivity index is 2.31. The molecule has 0 aliphatic heterocycles. The molecule has 0 saturated heterocycles. The zero-order valence-corrected chi connectivity index (χ0v) is 12.2. The van der Waals surface area contributed by atoms with Gasteiger partial charge in [0.25, 0.3) is 0 Å². The lowest BCUT2D eigenvalue weighted by molar-refractivity contribution is -0.121. The molecule has 1 saturated carbocycles. The molecule has 0 bridgehead atoms. The first kappa shape index (κ1) is 14.0. The second kappa shape index (κ2) is 4.91. The summed E-state index contributed by atoms with van der Waals surface area (Å²) in [4.78, 5) is 24.1. The minimum Gasteiger partial charge on any atom is -0.300 e. The smallest absolute Gasteiger partial charge is 0.169 e. The highest BCUT2D eigenvalue weighted by atomic mass is 16.1. The summed E-state index contributed by atoms with van der Waals surface area (Å²) < 4.78 is 1.69. The van der Waals surface area contributed by atoms with Crippen LogP contribution in [0.1, 0.15) is 62.5 Å². The lowest BCUT2D eigenvalue weighted by atomic mass is 9.80. The maximum absolute atomic E-state index is 12.6. The first-order valence-electron chi connectivity index (χ1n) is 6.89. The van der Waals surface area contributed by atoms with Crippen LogP contribution in [0, 0.1) is 5.92 Å². The third-order valence-corrected chi connectivity index (χ3v) is 3.66. The Morgan fingerprint density at radius 3 is 2.68 bits per heavy atom. The summed E-state index contributed by atoms with van der Waals surface area (Å²) in [6.45, 7) is 6.16. The van der Waals surface area contributed by atoms with E-state index >= 15 is 0 Å². The molecule has 1 fully saturated rings.